The van der Waals surface area contributed by atoms with Crippen molar-refractivity contribution < 1.29 is 21.6 Å². The summed E-state index contributed by atoms with van der Waals surface area (Å²) in [4.78, 5) is 18.3. The van der Waals surface area contributed by atoms with Crippen molar-refractivity contribution in [2.45, 2.75) is 0 Å². The predicted molar refractivity (Wildman–Crippen MR) is 260 cm³/mol. The van der Waals surface area contributed by atoms with E-state index in [1.165, 1.54) is 0 Å². The molecule has 0 spiro atoms. The maximum atomic E-state index is 5.78. The van der Waals surface area contributed by atoms with E-state index in [0.717, 1.165) is 112 Å². The topological polar surface area (TPSA) is 312 Å². The van der Waals surface area contributed by atoms with E-state index in [1.54, 1.807) is 0 Å². The van der Waals surface area contributed by atoms with Gasteiger partial charge in [0.05, 0.1) is 45.5 Å². The van der Waals surface area contributed by atoms with Gasteiger partial charge < -0.3 is 9.97 Å². The lowest BCUT2D eigenvalue weighted by Gasteiger charge is -2.08. The number of nitrogens with one attached hydrogen (secondary N) is 6. The molecule has 0 unspecified atom stereocenters. The van der Waals surface area contributed by atoms with Crippen molar-refractivity contribution in [3.63, 3.8) is 0 Å². The molecule has 7 aromatic rings. The first-order chi connectivity index (χ1) is 30.9. The number of aromatic nitrogens is 4. The van der Waals surface area contributed by atoms with Crippen LogP contribution in [-0.2, 0) is 0 Å². The van der Waals surface area contributed by atoms with Crippen LogP contribution < -0.4 is 65.8 Å². The maximum absolute atomic E-state index is 5.78. The molecular weight excluding hydrogens is 801 g/mol. The van der Waals surface area contributed by atoms with Gasteiger partial charge in [-0.2, -0.15) is 0 Å². The average molecular weight is 847 g/mol. The number of guanidine groups is 4. The van der Waals surface area contributed by atoms with E-state index in [9.17, 15) is 0 Å². The number of nitrogens with two attached hydrogens (primary N) is 8. The molecule has 64 heavy (non-hydrogen) atoms. The SMILES string of the molecule is NC(=[NH2+])Nc1ccc(-c2c3nc(c(-c4ccc(NC(N)=[NH2+])cc4)c4ccc([nH]4)c(-c4ccc(NC(N)=[NH2+])cc4)c4nc(c(-c5ccc(NC(N)=[NH2+])cc5)c5ccc2[nH]5)C=C4)C=C3)cc1. The van der Waals surface area contributed by atoms with Crippen LogP contribution in [0.25, 0.3) is 90.9 Å². The summed E-state index contributed by atoms with van der Waals surface area (Å²) in [6.45, 7) is 0. The van der Waals surface area contributed by atoms with Gasteiger partial charge in [-0.25, -0.2) is 31.2 Å². The van der Waals surface area contributed by atoms with E-state index in [-0.39, 0.29) is 23.8 Å². The van der Waals surface area contributed by atoms with E-state index >= 15 is 0 Å². The fourth-order valence-electron chi connectivity index (χ4n) is 7.97. The Bertz CT molecular complexity index is 2820. The Morgan fingerprint density at radius 2 is 0.531 bits per heavy atom. The lowest BCUT2D eigenvalue weighted by molar-refractivity contribution is -0.116. The Morgan fingerprint density at radius 1 is 0.328 bits per heavy atom. The third-order valence-corrected chi connectivity index (χ3v) is 10.6. The van der Waals surface area contributed by atoms with Gasteiger partial charge in [-0.05, 0) is 119 Å². The zero-order valence-corrected chi connectivity index (χ0v) is 34.4. The summed E-state index contributed by atoms with van der Waals surface area (Å²) in [5, 5.41) is 35.1. The van der Waals surface area contributed by atoms with Crippen molar-refractivity contribution >= 4 is 93.0 Å². The fraction of sp³-hybridized carbons (Fsp3) is 0. The van der Waals surface area contributed by atoms with Crippen LogP contribution in [0.4, 0.5) is 22.7 Å². The second kappa shape index (κ2) is 16.5. The van der Waals surface area contributed by atoms with Gasteiger partial charge in [0.1, 0.15) is 0 Å². The summed E-state index contributed by atoms with van der Waals surface area (Å²) >= 11 is 0. The first-order valence-corrected chi connectivity index (χ1v) is 20.1. The van der Waals surface area contributed by atoms with E-state index < -0.39 is 0 Å². The highest BCUT2D eigenvalue weighted by Crippen LogP contribution is 2.39. The summed E-state index contributed by atoms with van der Waals surface area (Å²) in [6, 6.07) is 39.7. The molecule has 22 N–H and O–H groups in total. The van der Waals surface area contributed by atoms with Gasteiger partial charge in [-0.1, -0.05) is 48.5 Å². The Labute approximate surface area is 366 Å². The van der Waals surface area contributed by atoms with Crippen LogP contribution in [-0.4, -0.2) is 43.8 Å². The fourth-order valence-corrected chi connectivity index (χ4v) is 7.97. The minimum absolute atomic E-state index is 0.0954. The highest BCUT2D eigenvalue weighted by Gasteiger charge is 2.20. The van der Waals surface area contributed by atoms with E-state index in [4.69, 9.17) is 54.5 Å². The molecular formula is C48H46N16+4. The Kier molecular flexibility index (Phi) is 10.3. The monoisotopic (exact) mass is 846 g/mol. The molecule has 9 rings (SSSR count). The van der Waals surface area contributed by atoms with Crippen molar-refractivity contribution in [2.75, 3.05) is 21.3 Å². The Hall–Kier alpha value is -9.44. The molecule has 2 aliphatic heterocycles. The quantitative estimate of drug-likeness (QED) is 0.0767. The van der Waals surface area contributed by atoms with Gasteiger partial charge >= 0.3 is 23.8 Å². The van der Waals surface area contributed by atoms with Gasteiger partial charge in [0, 0.05) is 44.3 Å². The molecule has 0 fully saturated rings. The van der Waals surface area contributed by atoms with Crippen molar-refractivity contribution in [3.8, 4) is 44.5 Å². The minimum atomic E-state index is 0.0954. The number of hydrogen-bond acceptors (Lipinski definition) is 2. The molecule has 2 aliphatic rings. The third-order valence-electron chi connectivity index (χ3n) is 10.6. The van der Waals surface area contributed by atoms with Crippen LogP contribution in [0.5, 0.6) is 0 Å². The van der Waals surface area contributed by atoms with Gasteiger partial charge in [0.2, 0.25) is 0 Å². The number of H-pyrrole nitrogens is 2. The summed E-state index contributed by atoms with van der Waals surface area (Å²) in [7, 11) is 0. The molecule has 5 heterocycles. The van der Waals surface area contributed by atoms with Crippen LogP contribution in [0.3, 0.4) is 0 Å². The smallest absolute Gasteiger partial charge is 0.343 e. The summed E-state index contributed by atoms with van der Waals surface area (Å²) in [6.07, 6.45) is 8.13. The number of benzene rings is 4. The Balaban J connectivity index is 1.38. The molecule has 0 aliphatic carbocycles. The van der Waals surface area contributed by atoms with Crippen LogP contribution in [0.1, 0.15) is 22.8 Å². The normalized spacial score (nSPS) is 11.5. The first kappa shape index (κ1) is 40.0. The summed E-state index contributed by atoms with van der Waals surface area (Å²) < 4.78 is 0. The molecule has 314 valence electrons. The van der Waals surface area contributed by atoms with Gasteiger partial charge in [0.25, 0.3) is 0 Å². The average Bonchev–Trinajstić information content (AvgIpc) is 4.11. The zero-order chi connectivity index (χ0) is 44.5. The maximum Gasteiger partial charge on any atom is 0.343 e. The molecule has 0 atom stereocenters. The first-order valence-electron chi connectivity index (χ1n) is 20.1. The molecule has 16 nitrogen and oxygen atoms in total. The molecule has 3 aromatic heterocycles. The van der Waals surface area contributed by atoms with Crippen molar-refractivity contribution in [3.05, 3.63) is 144 Å². The van der Waals surface area contributed by atoms with E-state index in [0.29, 0.717) is 0 Å². The summed E-state index contributed by atoms with van der Waals surface area (Å²) in [5.41, 5.74) is 39.5. The number of aromatic amines is 2. The molecule has 0 saturated carbocycles. The molecule has 0 saturated heterocycles. The number of rotatable bonds is 8. The summed E-state index contributed by atoms with van der Waals surface area (Å²) in [5.74, 6) is 0.382. The van der Waals surface area contributed by atoms with E-state index in [2.05, 4.69) is 55.5 Å². The highest BCUT2D eigenvalue weighted by atomic mass is 15.1. The number of nitrogens with zero attached hydrogens (tertiary/aromatic N) is 2. The van der Waals surface area contributed by atoms with E-state index in [1.807, 2.05) is 121 Å². The van der Waals surface area contributed by atoms with Gasteiger partial charge in [0.15, 0.2) is 0 Å². The van der Waals surface area contributed by atoms with Crippen LogP contribution in [0.2, 0.25) is 0 Å². The number of fused-ring (bicyclic) bond motifs is 8. The lowest BCUT2D eigenvalue weighted by atomic mass is 10.0. The highest BCUT2D eigenvalue weighted by molar-refractivity contribution is 6.01. The van der Waals surface area contributed by atoms with Crippen LogP contribution in [0.15, 0.2) is 121 Å². The molecule has 0 amide bonds. The van der Waals surface area contributed by atoms with Crippen molar-refractivity contribution in [1.29, 1.82) is 0 Å². The third kappa shape index (κ3) is 8.20. The van der Waals surface area contributed by atoms with Gasteiger partial charge in [-0.3, -0.25) is 44.6 Å². The standard InChI is InChI=1S/C48H42N16/c49-45(50)57-29-9-1-25(2-10-29)41-33-17-19-35(61-33)42(26-3-11-30(12-4-26)58-46(51)52)37-21-23-39(63-37)44(28-7-15-32(16-8-28)60-48(55)56)40-24-22-38(64-40)43(36-20-18-34(41)62-36)27-5-13-31(14-6-27)59-47(53)54/h1-24,61,64H,(H4,49,50,57)(H4,51,52,58)(H4,53,54,59)(H4,55,56,60)/p+4. The van der Waals surface area contributed by atoms with Gasteiger partial charge in [-0.15, -0.1) is 0 Å². The number of anilines is 4. The zero-order valence-electron chi connectivity index (χ0n) is 34.4. The molecule has 0 radical (unpaired) electrons. The van der Waals surface area contributed by atoms with Crippen molar-refractivity contribution in [1.82, 2.24) is 19.9 Å². The lowest BCUT2D eigenvalue weighted by Crippen LogP contribution is -2.50. The van der Waals surface area contributed by atoms with Crippen LogP contribution >= 0.6 is 0 Å². The van der Waals surface area contributed by atoms with Crippen LogP contribution in [0, 0.1) is 0 Å². The molecule has 4 aromatic carbocycles. The largest absolute Gasteiger partial charge is 0.354 e. The van der Waals surface area contributed by atoms with Crippen molar-refractivity contribution in [2.24, 2.45) is 22.9 Å². The predicted octanol–water partition coefficient (Wildman–Crippen LogP) is 1.27. The number of hydrogen-bond donors (Lipinski definition) is 14. The second-order valence-corrected chi connectivity index (χ2v) is 15.1. The second-order valence-electron chi connectivity index (χ2n) is 15.1. The Morgan fingerprint density at radius 3 is 0.719 bits per heavy atom. The molecule has 16 heteroatoms. The molecule has 8 bridgehead atoms. The minimum Gasteiger partial charge on any atom is -0.354 e.